The first-order valence-electron chi connectivity index (χ1n) is 10.0. The van der Waals surface area contributed by atoms with Crippen LogP contribution in [0.25, 0.3) is 16.5 Å². The number of hydrogen-bond acceptors (Lipinski definition) is 3. The van der Waals surface area contributed by atoms with E-state index in [1.165, 1.54) is 10.8 Å². The van der Waals surface area contributed by atoms with E-state index < -0.39 is 11.8 Å². The van der Waals surface area contributed by atoms with Crippen molar-refractivity contribution in [3.05, 3.63) is 101 Å². The third-order valence-electron chi connectivity index (χ3n) is 5.38. The van der Waals surface area contributed by atoms with Crippen molar-refractivity contribution in [2.75, 3.05) is 0 Å². The minimum atomic E-state index is -0.901. The van der Waals surface area contributed by atoms with Crippen molar-refractivity contribution in [2.45, 2.75) is 19.8 Å². The molecule has 5 nitrogen and oxygen atoms in total. The molecule has 0 aliphatic heterocycles. The summed E-state index contributed by atoms with van der Waals surface area (Å²) in [6.45, 7) is 4.08. The molecule has 1 atom stereocenters. The van der Waals surface area contributed by atoms with Gasteiger partial charge in [0.05, 0.1) is 18.0 Å². The van der Waals surface area contributed by atoms with Crippen molar-refractivity contribution in [1.29, 1.82) is 5.26 Å². The number of carbonyl (C=O) groups is 1. The third-order valence-corrected chi connectivity index (χ3v) is 5.38. The highest BCUT2D eigenvalue weighted by Gasteiger charge is 2.19. The van der Waals surface area contributed by atoms with Crippen LogP contribution in [0.15, 0.2) is 84.0 Å². The highest BCUT2D eigenvalue weighted by Crippen LogP contribution is 2.26. The second-order valence-electron chi connectivity index (χ2n) is 7.37. The Hall–Kier alpha value is -4.17. The number of nitrogens with zero attached hydrogens (tertiary/aromatic N) is 3. The van der Waals surface area contributed by atoms with Crippen molar-refractivity contribution >= 4 is 22.9 Å². The van der Waals surface area contributed by atoms with Crippen LogP contribution in [-0.2, 0) is 4.79 Å². The summed E-state index contributed by atoms with van der Waals surface area (Å²) in [6.07, 6.45) is 1.63. The largest absolute Gasteiger partial charge is 0.317 e. The van der Waals surface area contributed by atoms with Crippen molar-refractivity contribution < 1.29 is 4.79 Å². The molecule has 31 heavy (non-hydrogen) atoms. The topological polar surface area (TPSA) is 70.2 Å². The predicted molar refractivity (Wildman–Crippen MR) is 123 cm³/mol. The first-order valence-corrected chi connectivity index (χ1v) is 10.0. The highest BCUT2D eigenvalue weighted by atomic mass is 16.2. The normalized spacial score (nSPS) is 12.0. The zero-order chi connectivity index (χ0) is 21.8. The number of hydrazone groups is 1. The number of hydrogen-bond donors (Lipinski definition) is 1. The number of nitriles is 1. The zero-order valence-corrected chi connectivity index (χ0v) is 17.4. The van der Waals surface area contributed by atoms with Crippen LogP contribution in [0.2, 0.25) is 0 Å². The fraction of sp³-hybridized carbons (Fsp3) is 0.115. The Labute approximate surface area is 181 Å². The van der Waals surface area contributed by atoms with Gasteiger partial charge in [-0.2, -0.15) is 10.4 Å². The summed E-state index contributed by atoms with van der Waals surface area (Å²) in [6, 6.07) is 27.6. The number of aromatic nitrogens is 1. The van der Waals surface area contributed by atoms with E-state index in [1.54, 1.807) is 30.5 Å². The minimum Gasteiger partial charge on any atom is -0.317 e. The third kappa shape index (κ3) is 3.96. The Morgan fingerprint density at radius 1 is 1.03 bits per heavy atom. The number of nitrogens with one attached hydrogen (secondary N) is 1. The molecule has 0 radical (unpaired) electrons. The van der Waals surface area contributed by atoms with Gasteiger partial charge < -0.3 is 4.57 Å². The van der Waals surface area contributed by atoms with Crippen LogP contribution < -0.4 is 5.43 Å². The quantitative estimate of drug-likeness (QED) is 0.374. The van der Waals surface area contributed by atoms with Crippen molar-refractivity contribution in [1.82, 2.24) is 9.99 Å². The van der Waals surface area contributed by atoms with Gasteiger partial charge in [-0.15, -0.1) is 0 Å². The maximum Gasteiger partial charge on any atom is 0.261 e. The molecule has 152 valence electrons. The van der Waals surface area contributed by atoms with Gasteiger partial charge in [-0.1, -0.05) is 66.7 Å². The molecular formula is C26H22N4O. The van der Waals surface area contributed by atoms with E-state index in [4.69, 9.17) is 0 Å². The van der Waals surface area contributed by atoms with Crippen LogP contribution in [0.4, 0.5) is 0 Å². The molecule has 0 saturated carbocycles. The van der Waals surface area contributed by atoms with Gasteiger partial charge in [-0.25, -0.2) is 5.43 Å². The van der Waals surface area contributed by atoms with Crippen LogP contribution in [0.3, 0.4) is 0 Å². The van der Waals surface area contributed by atoms with E-state index in [2.05, 4.69) is 45.4 Å². The lowest BCUT2D eigenvalue weighted by Crippen LogP contribution is -2.24. The minimum absolute atomic E-state index is 0.451. The molecule has 1 N–H and O–H groups in total. The molecule has 1 amide bonds. The molecule has 0 bridgehead atoms. The fourth-order valence-corrected chi connectivity index (χ4v) is 3.85. The summed E-state index contributed by atoms with van der Waals surface area (Å²) in [5.74, 6) is -1.35. The summed E-state index contributed by atoms with van der Waals surface area (Å²) in [5, 5.41) is 15.9. The van der Waals surface area contributed by atoms with Crippen LogP contribution >= 0.6 is 0 Å². The van der Waals surface area contributed by atoms with E-state index in [-0.39, 0.29) is 0 Å². The molecule has 0 spiro atoms. The van der Waals surface area contributed by atoms with Gasteiger partial charge in [-0.3, -0.25) is 4.79 Å². The number of carbonyl (C=O) groups excluding carboxylic acids is 1. The number of aryl methyl sites for hydroxylation is 1. The molecule has 4 rings (SSSR count). The van der Waals surface area contributed by atoms with E-state index in [9.17, 15) is 10.1 Å². The number of amides is 1. The lowest BCUT2D eigenvalue weighted by atomic mass is 10.0. The predicted octanol–water partition coefficient (Wildman–Crippen LogP) is 5.00. The molecule has 5 heteroatoms. The lowest BCUT2D eigenvalue weighted by Gasteiger charge is -2.13. The van der Waals surface area contributed by atoms with Gasteiger partial charge in [0, 0.05) is 22.3 Å². The molecule has 0 aliphatic rings. The summed E-state index contributed by atoms with van der Waals surface area (Å²) in [5.41, 5.74) is 7.24. The van der Waals surface area contributed by atoms with E-state index in [0.717, 1.165) is 22.6 Å². The van der Waals surface area contributed by atoms with Crippen molar-refractivity contribution in [3.8, 4) is 11.8 Å². The molecule has 4 aromatic rings. The van der Waals surface area contributed by atoms with Gasteiger partial charge >= 0.3 is 0 Å². The zero-order valence-electron chi connectivity index (χ0n) is 17.4. The molecule has 1 heterocycles. The average Bonchev–Trinajstić information content (AvgIpc) is 3.07. The van der Waals surface area contributed by atoms with Gasteiger partial charge in [0.25, 0.3) is 5.91 Å². The molecule has 0 saturated heterocycles. The first kappa shape index (κ1) is 20.1. The SMILES string of the molecule is Cc1cc(/C=N\NC(=O)[C@H](C#N)c2ccccc2)c(C)n1-c1cccc2ccccc12. The van der Waals surface area contributed by atoms with E-state index in [1.807, 2.05) is 44.2 Å². The maximum atomic E-state index is 12.4. The summed E-state index contributed by atoms with van der Waals surface area (Å²) in [7, 11) is 0. The fourth-order valence-electron chi connectivity index (χ4n) is 3.85. The first-order chi connectivity index (χ1) is 15.1. The smallest absolute Gasteiger partial charge is 0.261 e. The van der Waals surface area contributed by atoms with Gasteiger partial charge in [-0.05, 0) is 36.9 Å². The standard InChI is InChI=1S/C26H22N4O/c1-18-15-22(17-28-29-26(31)24(16-27)21-9-4-3-5-10-21)19(2)30(18)25-14-8-12-20-11-6-7-13-23(20)25/h3-15,17,24H,1-2H3,(H,29,31)/b28-17-/t24-/m1/s1. The second-order valence-corrected chi connectivity index (χ2v) is 7.37. The second kappa shape index (κ2) is 8.68. The van der Waals surface area contributed by atoms with Gasteiger partial charge in [0.15, 0.2) is 5.92 Å². The van der Waals surface area contributed by atoms with E-state index >= 15 is 0 Å². The molecule has 1 aromatic heterocycles. The number of benzene rings is 3. The van der Waals surface area contributed by atoms with Crippen LogP contribution in [0, 0.1) is 25.2 Å². The monoisotopic (exact) mass is 406 g/mol. The summed E-state index contributed by atoms with van der Waals surface area (Å²) < 4.78 is 2.19. The number of rotatable bonds is 5. The molecule has 0 fully saturated rings. The Balaban J connectivity index is 1.59. The lowest BCUT2D eigenvalue weighted by molar-refractivity contribution is -0.121. The van der Waals surface area contributed by atoms with Crippen molar-refractivity contribution in [2.24, 2.45) is 5.10 Å². The molecule has 0 aliphatic carbocycles. The van der Waals surface area contributed by atoms with Crippen LogP contribution in [0.1, 0.15) is 28.4 Å². The summed E-state index contributed by atoms with van der Waals surface area (Å²) in [4.78, 5) is 12.4. The van der Waals surface area contributed by atoms with Gasteiger partial charge in [0.2, 0.25) is 0 Å². The molecule has 3 aromatic carbocycles. The highest BCUT2D eigenvalue weighted by molar-refractivity contribution is 5.92. The Morgan fingerprint density at radius 2 is 1.74 bits per heavy atom. The Kier molecular flexibility index (Phi) is 5.63. The Bertz CT molecular complexity index is 1310. The number of fused-ring (bicyclic) bond motifs is 1. The maximum absolute atomic E-state index is 12.4. The van der Waals surface area contributed by atoms with Crippen molar-refractivity contribution in [3.63, 3.8) is 0 Å². The van der Waals surface area contributed by atoms with Crippen LogP contribution in [-0.4, -0.2) is 16.7 Å². The molecule has 0 unspecified atom stereocenters. The Morgan fingerprint density at radius 3 is 2.52 bits per heavy atom. The molecular weight excluding hydrogens is 384 g/mol. The average molecular weight is 406 g/mol. The van der Waals surface area contributed by atoms with E-state index in [0.29, 0.717) is 5.56 Å². The summed E-state index contributed by atoms with van der Waals surface area (Å²) >= 11 is 0. The van der Waals surface area contributed by atoms with Gasteiger partial charge in [0.1, 0.15) is 0 Å². The van der Waals surface area contributed by atoms with Crippen LogP contribution in [0.5, 0.6) is 0 Å².